The number of benzene rings is 2. The lowest BCUT2D eigenvalue weighted by atomic mass is 9.98. The van der Waals surface area contributed by atoms with Gasteiger partial charge in [-0.3, -0.25) is 0 Å². The van der Waals surface area contributed by atoms with Crippen molar-refractivity contribution in [2.45, 2.75) is 38.8 Å². The summed E-state index contributed by atoms with van der Waals surface area (Å²) in [5.41, 5.74) is 2.46. The Morgan fingerprint density at radius 2 is 1.83 bits per heavy atom. The van der Waals surface area contributed by atoms with Gasteiger partial charge in [0.2, 0.25) is 5.82 Å². The first kappa shape index (κ1) is 24.4. The number of aliphatic hydroxyl groups is 1. The van der Waals surface area contributed by atoms with Crippen molar-refractivity contribution in [2.24, 2.45) is 0 Å². The molecular formula is C25H27N6O3P. The van der Waals surface area contributed by atoms with Crippen molar-refractivity contribution in [2.75, 3.05) is 0 Å². The number of hydrogen-bond donors (Lipinski definition) is 2. The minimum Gasteiger partial charge on any atom is -0.477 e. The number of hydrogen-bond acceptors (Lipinski definition) is 6. The SMILES string of the molecule is C=CCCc1nc(C(C)(C)O)c(C(=O)O)n1Cc1ccc(-c2ccccc2-c2nnn(P)n2)cc1. The number of aromatic carboxylic acids is 1. The molecule has 1 atom stereocenters. The van der Waals surface area contributed by atoms with Crippen LogP contribution in [0.15, 0.2) is 61.2 Å². The average molecular weight is 491 g/mol. The Morgan fingerprint density at radius 1 is 1.14 bits per heavy atom. The fourth-order valence-electron chi connectivity index (χ4n) is 3.97. The molecule has 2 aromatic carbocycles. The van der Waals surface area contributed by atoms with E-state index in [1.165, 1.54) is 4.57 Å². The summed E-state index contributed by atoms with van der Waals surface area (Å²) >= 11 is 0. The number of aryl methyl sites for hydroxylation is 1. The van der Waals surface area contributed by atoms with Gasteiger partial charge in [-0.1, -0.05) is 54.6 Å². The maximum atomic E-state index is 12.2. The lowest BCUT2D eigenvalue weighted by molar-refractivity contribution is 0.0602. The van der Waals surface area contributed by atoms with E-state index < -0.39 is 11.6 Å². The lowest BCUT2D eigenvalue weighted by Crippen LogP contribution is -2.22. The predicted molar refractivity (Wildman–Crippen MR) is 136 cm³/mol. The standard InChI is InChI=1S/C25H27N6O3P/c1-4-5-10-20-26-22(25(2,3)34)21(24(32)33)30(20)15-16-11-13-17(14-12-16)18-8-6-7-9-19(18)23-27-29-31(35)28-23/h4,6-9,11-14,34H,1,5,10,15,35H2,2-3H3,(H,32,33). The second kappa shape index (κ2) is 9.90. The van der Waals surface area contributed by atoms with Crippen LogP contribution in [-0.4, -0.2) is 45.7 Å². The smallest absolute Gasteiger partial charge is 0.354 e. The molecule has 0 radical (unpaired) electrons. The Morgan fingerprint density at radius 3 is 2.40 bits per heavy atom. The van der Waals surface area contributed by atoms with Crippen LogP contribution in [0.25, 0.3) is 22.5 Å². The van der Waals surface area contributed by atoms with Crippen molar-refractivity contribution in [3.8, 4) is 22.5 Å². The topological polar surface area (TPSA) is 119 Å². The summed E-state index contributed by atoms with van der Waals surface area (Å²) in [7, 11) is 2.36. The Hall–Kier alpha value is -3.68. The third-order valence-corrected chi connectivity index (χ3v) is 5.82. The minimum absolute atomic E-state index is 0.00224. The van der Waals surface area contributed by atoms with Crippen molar-refractivity contribution in [1.82, 2.24) is 29.5 Å². The first-order chi connectivity index (χ1) is 16.7. The number of imidazole rings is 1. The Balaban J connectivity index is 1.70. The summed E-state index contributed by atoms with van der Waals surface area (Å²) in [6, 6.07) is 15.7. The molecule has 0 bridgehead atoms. The van der Waals surface area contributed by atoms with Gasteiger partial charge < -0.3 is 14.8 Å². The minimum atomic E-state index is -1.39. The maximum absolute atomic E-state index is 12.2. The van der Waals surface area contributed by atoms with Crippen LogP contribution in [0, 0.1) is 0 Å². The molecule has 0 fully saturated rings. The highest BCUT2D eigenvalue weighted by Gasteiger charge is 2.31. The predicted octanol–water partition coefficient (Wildman–Crippen LogP) is 3.93. The second-order valence-electron chi connectivity index (χ2n) is 8.68. The Labute approximate surface area is 205 Å². The highest BCUT2D eigenvalue weighted by Crippen LogP contribution is 2.31. The van der Waals surface area contributed by atoms with Gasteiger partial charge in [-0.15, -0.1) is 16.8 Å². The van der Waals surface area contributed by atoms with Crippen LogP contribution in [0.3, 0.4) is 0 Å². The van der Waals surface area contributed by atoms with Crippen LogP contribution in [0.5, 0.6) is 0 Å². The Bertz CT molecular complexity index is 1370. The molecule has 2 aromatic heterocycles. The van der Waals surface area contributed by atoms with Crippen molar-refractivity contribution in [3.63, 3.8) is 0 Å². The van der Waals surface area contributed by atoms with Crippen LogP contribution in [0.2, 0.25) is 0 Å². The quantitative estimate of drug-likeness (QED) is 0.269. The van der Waals surface area contributed by atoms with Crippen molar-refractivity contribution in [3.05, 3.63) is 84.0 Å². The maximum Gasteiger partial charge on any atom is 0.354 e. The molecule has 0 saturated heterocycles. The van der Waals surface area contributed by atoms with Crippen molar-refractivity contribution >= 4 is 15.4 Å². The molecule has 0 aliphatic carbocycles. The van der Waals surface area contributed by atoms with E-state index >= 15 is 0 Å². The molecule has 2 heterocycles. The van der Waals surface area contributed by atoms with E-state index in [0.717, 1.165) is 22.3 Å². The summed E-state index contributed by atoms with van der Waals surface area (Å²) in [5, 5.41) is 32.8. The summed E-state index contributed by atoms with van der Waals surface area (Å²) in [6.45, 7) is 7.14. The zero-order valence-electron chi connectivity index (χ0n) is 19.6. The van der Waals surface area contributed by atoms with Crippen LogP contribution in [-0.2, 0) is 18.6 Å². The third kappa shape index (κ3) is 5.21. The van der Waals surface area contributed by atoms with Gasteiger partial charge in [0.25, 0.3) is 0 Å². The molecule has 2 N–H and O–H groups in total. The molecule has 0 aliphatic heterocycles. The van der Waals surface area contributed by atoms with E-state index in [1.807, 2.05) is 48.5 Å². The molecule has 0 saturated carbocycles. The van der Waals surface area contributed by atoms with Crippen molar-refractivity contribution < 1.29 is 15.0 Å². The number of nitrogens with zero attached hydrogens (tertiary/aromatic N) is 6. The number of tetrazole rings is 1. The molecule has 10 heteroatoms. The number of rotatable bonds is 9. The number of carboxylic acids is 1. The van der Waals surface area contributed by atoms with Crippen LogP contribution >= 0.6 is 9.39 Å². The largest absolute Gasteiger partial charge is 0.477 e. The van der Waals surface area contributed by atoms with Crippen molar-refractivity contribution in [1.29, 1.82) is 0 Å². The molecule has 0 aliphatic rings. The lowest BCUT2D eigenvalue weighted by Gasteiger charge is -2.16. The molecular weight excluding hydrogens is 463 g/mol. The van der Waals surface area contributed by atoms with E-state index in [4.69, 9.17) is 0 Å². The Kier molecular flexibility index (Phi) is 6.91. The van der Waals surface area contributed by atoms with Gasteiger partial charge in [0.1, 0.15) is 17.1 Å². The van der Waals surface area contributed by atoms with Crippen LogP contribution < -0.4 is 0 Å². The fourth-order valence-corrected chi connectivity index (χ4v) is 4.13. The molecule has 4 aromatic rings. The van der Waals surface area contributed by atoms with E-state index in [-0.39, 0.29) is 11.4 Å². The molecule has 9 nitrogen and oxygen atoms in total. The number of allylic oxidation sites excluding steroid dienone is 1. The molecule has 4 rings (SSSR count). The van der Waals surface area contributed by atoms with Crippen LogP contribution in [0.4, 0.5) is 0 Å². The average Bonchev–Trinajstić information content (AvgIpc) is 3.42. The third-order valence-electron chi connectivity index (χ3n) is 5.60. The molecule has 35 heavy (non-hydrogen) atoms. The molecule has 180 valence electrons. The summed E-state index contributed by atoms with van der Waals surface area (Å²) < 4.78 is 3.01. The first-order valence-electron chi connectivity index (χ1n) is 11.1. The van der Waals surface area contributed by atoms with Gasteiger partial charge in [-0.2, -0.15) is 4.57 Å². The highest BCUT2D eigenvalue weighted by molar-refractivity contribution is 7.14. The summed E-state index contributed by atoms with van der Waals surface area (Å²) in [4.78, 5) is 16.7. The van der Waals surface area contributed by atoms with Gasteiger partial charge in [0.15, 0.2) is 5.69 Å². The monoisotopic (exact) mass is 490 g/mol. The van der Waals surface area contributed by atoms with E-state index in [0.29, 0.717) is 31.0 Å². The van der Waals surface area contributed by atoms with Gasteiger partial charge in [-0.25, -0.2) is 9.78 Å². The number of aromatic nitrogens is 6. The first-order valence-corrected chi connectivity index (χ1v) is 11.6. The van der Waals surface area contributed by atoms with Crippen LogP contribution in [0.1, 0.15) is 47.8 Å². The summed E-state index contributed by atoms with van der Waals surface area (Å²) in [6.07, 6.45) is 2.93. The number of carboxylic acid groups (broad SMARTS) is 1. The molecule has 1 unspecified atom stereocenters. The highest BCUT2D eigenvalue weighted by atomic mass is 31.0. The van der Waals surface area contributed by atoms with Gasteiger partial charge in [0, 0.05) is 27.9 Å². The zero-order chi connectivity index (χ0) is 25.2. The van der Waals surface area contributed by atoms with E-state index in [9.17, 15) is 15.0 Å². The van der Waals surface area contributed by atoms with E-state index in [1.54, 1.807) is 24.5 Å². The molecule has 0 spiro atoms. The summed E-state index contributed by atoms with van der Waals surface area (Å²) in [5.74, 6) is -0.00435. The zero-order valence-corrected chi connectivity index (χ0v) is 20.7. The van der Waals surface area contributed by atoms with Gasteiger partial charge >= 0.3 is 5.97 Å². The second-order valence-corrected chi connectivity index (χ2v) is 9.14. The van der Waals surface area contributed by atoms with Gasteiger partial charge in [0.05, 0.1) is 0 Å². The number of carbonyl (C=O) groups is 1. The van der Waals surface area contributed by atoms with E-state index in [2.05, 4.69) is 36.4 Å². The normalized spacial score (nSPS) is 11.5. The molecule has 0 amide bonds. The fraction of sp³-hybridized carbons (Fsp3) is 0.240. The van der Waals surface area contributed by atoms with Gasteiger partial charge in [-0.05, 0) is 42.2 Å².